The molecule has 0 fully saturated rings. The molecule has 0 aliphatic carbocycles. The van der Waals surface area contributed by atoms with Crippen LogP contribution in [0, 0.1) is 0 Å². The van der Waals surface area contributed by atoms with Crippen LogP contribution in [0.2, 0.25) is 0 Å². The second kappa shape index (κ2) is 7.64. The first kappa shape index (κ1) is 17.3. The van der Waals surface area contributed by atoms with Gasteiger partial charge < -0.3 is 5.73 Å². The van der Waals surface area contributed by atoms with Crippen molar-refractivity contribution in [3.05, 3.63) is 0 Å². The lowest BCUT2D eigenvalue weighted by Crippen LogP contribution is -2.53. The summed E-state index contributed by atoms with van der Waals surface area (Å²) < 4.78 is 1.68. The van der Waals surface area contributed by atoms with Crippen LogP contribution in [0.3, 0.4) is 0 Å². The van der Waals surface area contributed by atoms with E-state index in [2.05, 4.69) is 143 Å². The van der Waals surface area contributed by atoms with Crippen LogP contribution < -0.4 is 11.1 Å². The first-order chi connectivity index (χ1) is 5.67. The molecule has 3 N–H and O–H groups in total. The van der Waals surface area contributed by atoms with E-state index < -0.39 is 0 Å². The Balaban J connectivity index is 3.90. The lowest BCUT2D eigenvalue weighted by Gasteiger charge is -2.32. The Bertz CT molecular complexity index is 154. The first-order valence-electron chi connectivity index (χ1n) is 3.05. The zero-order valence-electron chi connectivity index (χ0n) is 6.21. The molecule has 0 aliphatic rings. The summed E-state index contributed by atoms with van der Waals surface area (Å²) in [6.07, 6.45) is 0. The van der Waals surface area contributed by atoms with Gasteiger partial charge in [0.05, 0.1) is 0 Å². The van der Waals surface area contributed by atoms with Gasteiger partial charge in [-0.2, -0.15) is 1.33 Å². The minimum absolute atomic E-state index is 0.118. The summed E-state index contributed by atoms with van der Waals surface area (Å²) in [5.74, 6) is 0. The number of nitrogens with one attached hydrogen (secondary N) is 1. The molecular weight excluding hydrogens is 851 g/mol. The van der Waals surface area contributed by atoms with Gasteiger partial charge in [-0.3, -0.25) is 5.32 Å². The highest BCUT2D eigenvalue weighted by atomic mass is 127. The average molecular weight is 859 g/mol. The van der Waals surface area contributed by atoms with Gasteiger partial charge in [-0.1, -0.05) is 0 Å². The molecule has 0 saturated carbocycles. The third kappa shape index (κ3) is 8.06. The predicted molar refractivity (Wildman–Crippen MR) is 108 cm³/mol. The normalized spacial score (nSPS) is 13.8. The molecule has 3 nitrogen and oxygen atoms in total. The Hall–Kier alpha value is 4.26. The van der Waals surface area contributed by atoms with E-state index in [0.717, 1.165) is 13.1 Å². The molecular formula is C4H7I6N3. The Morgan fingerprint density at radius 3 is 1.92 bits per heavy atom. The summed E-state index contributed by atoms with van der Waals surface area (Å²) in [6, 6.07) is 0. The number of rotatable bonds is 5. The molecule has 0 spiro atoms. The highest BCUT2D eigenvalue weighted by Crippen LogP contribution is 2.43. The molecule has 0 heterocycles. The van der Waals surface area contributed by atoms with Crippen LogP contribution in [0.15, 0.2) is 0 Å². The highest BCUT2D eigenvalue weighted by Gasteiger charge is 2.40. The average Bonchev–Trinajstić information content (AvgIpc) is 1.82. The molecule has 0 saturated heterocycles. The van der Waals surface area contributed by atoms with Gasteiger partial charge in [0.25, 0.3) is 0 Å². The van der Waals surface area contributed by atoms with E-state index in [1.165, 1.54) is 0 Å². The van der Waals surface area contributed by atoms with Crippen molar-refractivity contribution in [2.75, 3.05) is 13.1 Å². The molecule has 9 heteroatoms. The quantitative estimate of drug-likeness (QED) is 0.193. The first-order valence-corrected chi connectivity index (χ1v) is 9.30. The molecule has 0 atom stereocenters. The molecule has 0 bridgehead atoms. The lowest BCUT2D eigenvalue weighted by molar-refractivity contribution is 0.611. The topological polar surface area (TPSA) is 41.3 Å². The molecule has 0 amide bonds. The molecule has 0 aliphatic heterocycles. The van der Waals surface area contributed by atoms with Crippen molar-refractivity contribution in [3.63, 3.8) is 0 Å². The molecule has 0 aromatic carbocycles. The summed E-state index contributed by atoms with van der Waals surface area (Å²) >= 11 is 13.7. The number of nitrogens with zero attached hydrogens (tertiary/aromatic N) is 1. The van der Waals surface area contributed by atoms with Crippen molar-refractivity contribution in [2.24, 2.45) is 5.73 Å². The van der Waals surface area contributed by atoms with Crippen LogP contribution in [-0.4, -0.2) is 17.5 Å². The van der Waals surface area contributed by atoms with E-state index >= 15 is 0 Å². The zero-order valence-corrected chi connectivity index (χ0v) is 19.2. The number of hydrogen-bond donors (Lipinski definition) is 2. The van der Waals surface area contributed by atoms with Gasteiger partial charge in [-0.25, -0.2) is 0 Å². The molecule has 0 unspecified atom stereocenters. The van der Waals surface area contributed by atoms with Crippen molar-refractivity contribution in [2.45, 2.75) is 3.10 Å². The Morgan fingerprint density at radius 1 is 1.15 bits per heavy atom. The summed E-state index contributed by atoms with van der Waals surface area (Å²) in [6.45, 7) is 1.93. The van der Waals surface area contributed by atoms with Crippen molar-refractivity contribution < 1.29 is 0 Å². The minimum Gasteiger partial charge on any atom is -0.306 e. The third-order valence-corrected chi connectivity index (χ3v) is 10.2. The van der Waals surface area contributed by atoms with Crippen LogP contribution in [-0.2, 0) is 0 Å². The maximum absolute atomic E-state index is 6.01. The van der Waals surface area contributed by atoms with Gasteiger partial charge >= 0.3 is 0 Å². The Labute approximate surface area is 161 Å². The molecule has 0 radical (unpaired) electrons. The number of nitrogens with two attached hydrogens (primary N) is 1. The van der Waals surface area contributed by atoms with E-state index in [0.29, 0.717) is 0 Å². The fourth-order valence-corrected chi connectivity index (χ4v) is 1.82. The van der Waals surface area contributed by atoms with E-state index in [1.807, 2.05) is 0 Å². The van der Waals surface area contributed by atoms with Gasteiger partial charge in [0.2, 0.25) is 0 Å². The largest absolute Gasteiger partial charge is 0.306 e. The molecule has 0 aromatic heterocycles. The molecule has 0 rings (SSSR count). The van der Waals surface area contributed by atoms with Crippen LogP contribution in [0.25, 0.3) is 0 Å². The lowest BCUT2D eigenvalue weighted by atomic mass is 10.6. The highest BCUT2D eigenvalue weighted by molar-refractivity contribution is 14.2. The third-order valence-electron chi connectivity index (χ3n) is 1.05. The summed E-state index contributed by atoms with van der Waals surface area (Å²) in [5, 5.41) is 3.41. The SMILES string of the molecule is NC(I)(I)C(I)(I)NCCN(I)I. The molecule has 0 aromatic rings. The zero-order chi connectivity index (χ0) is 10.7. The number of halogens is 6. The molecule has 80 valence electrons. The Morgan fingerprint density at radius 2 is 1.62 bits per heavy atom. The summed E-state index contributed by atoms with van der Waals surface area (Å²) in [7, 11) is 0. The van der Waals surface area contributed by atoms with Crippen molar-refractivity contribution in [1.29, 1.82) is 0 Å². The van der Waals surface area contributed by atoms with E-state index in [9.17, 15) is 0 Å². The fourth-order valence-electron chi connectivity index (χ4n) is 0.415. The van der Waals surface area contributed by atoms with Crippen LogP contribution in [0.4, 0.5) is 0 Å². The van der Waals surface area contributed by atoms with Crippen molar-refractivity contribution in [1.82, 2.24) is 6.64 Å². The van der Waals surface area contributed by atoms with E-state index in [1.54, 1.807) is 0 Å². The van der Waals surface area contributed by atoms with Crippen LogP contribution in [0.5, 0.6) is 0 Å². The number of alkyl halides is 4. The van der Waals surface area contributed by atoms with E-state index in [-0.39, 0.29) is 3.10 Å². The van der Waals surface area contributed by atoms with Gasteiger partial charge in [0, 0.05) is 58.8 Å². The maximum atomic E-state index is 6.01. The Kier molecular flexibility index (Phi) is 10.1. The van der Waals surface area contributed by atoms with Gasteiger partial charge in [0.15, 0.2) is 3.10 Å². The van der Waals surface area contributed by atoms with E-state index in [4.69, 9.17) is 5.73 Å². The van der Waals surface area contributed by atoms with Crippen molar-refractivity contribution >= 4 is 136 Å². The second-order valence-electron chi connectivity index (χ2n) is 2.15. The van der Waals surface area contributed by atoms with Gasteiger partial charge in [0.1, 0.15) is 0 Å². The van der Waals surface area contributed by atoms with Crippen LogP contribution in [0.1, 0.15) is 0 Å². The van der Waals surface area contributed by atoms with Crippen molar-refractivity contribution in [3.8, 4) is 0 Å². The van der Waals surface area contributed by atoms with Gasteiger partial charge in [-0.15, -0.1) is 0 Å². The predicted octanol–water partition coefficient (Wildman–Crippen LogP) is 3.58. The summed E-state index contributed by atoms with van der Waals surface area (Å²) in [5.41, 5.74) is 6.01. The van der Waals surface area contributed by atoms with Gasteiger partial charge in [-0.05, 0) is 90.4 Å². The maximum Gasteiger partial charge on any atom is 0.159 e. The number of hydrogen-bond acceptors (Lipinski definition) is 3. The molecule has 13 heavy (non-hydrogen) atoms. The van der Waals surface area contributed by atoms with Crippen LogP contribution >= 0.6 is 136 Å². The smallest absolute Gasteiger partial charge is 0.159 e. The fraction of sp³-hybridized carbons (Fsp3) is 1.00. The minimum atomic E-state index is -0.287. The standard InChI is InChI=1S/C4H7I6N3/c5-3(6,11)4(7,8)12-1-2-13(9)10/h12H,1-2,11H2. The summed E-state index contributed by atoms with van der Waals surface area (Å²) in [4.78, 5) is 0. The second-order valence-corrected chi connectivity index (χ2v) is 17.1. The monoisotopic (exact) mass is 858 g/mol.